The lowest BCUT2D eigenvalue weighted by atomic mass is 9.86. The molecule has 2 atom stereocenters. The van der Waals surface area contributed by atoms with Crippen LogP contribution in [0.2, 0.25) is 5.02 Å². The molecule has 2 heterocycles. The van der Waals surface area contributed by atoms with Gasteiger partial charge >= 0.3 is 0 Å². The Kier molecular flexibility index (Phi) is 8.57. The van der Waals surface area contributed by atoms with E-state index in [1.54, 1.807) is 0 Å². The summed E-state index contributed by atoms with van der Waals surface area (Å²) in [6.07, 6.45) is 2.61. The van der Waals surface area contributed by atoms with Crippen LogP contribution in [0.1, 0.15) is 30.4 Å². The number of halogens is 1. The highest BCUT2D eigenvalue weighted by atomic mass is 35.5. The van der Waals surface area contributed by atoms with Crippen molar-refractivity contribution in [1.29, 1.82) is 0 Å². The predicted octanol–water partition coefficient (Wildman–Crippen LogP) is 3.96. The number of amides is 1. The van der Waals surface area contributed by atoms with Crippen LogP contribution in [-0.4, -0.2) is 61.1 Å². The molecule has 2 aromatic rings. The molecule has 2 fully saturated rings. The van der Waals surface area contributed by atoms with Gasteiger partial charge in [-0.05, 0) is 42.5 Å². The van der Waals surface area contributed by atoms with Crippen LogP contribution in [0.5, 0.6) is 0 Å². The predicted molar refractivity (Wildman–Crippen MR) is 129 cm³/mol. The number of piperidine rings is 1. The summed E-state index contributed by atoms with van der Waals surface area (Å²) in [4.78, 5) is 17.8. The standard InChI is InChI=1S/C26H34ClN3O2/c27-24-9-5-4-8-22(24)18-28-26(31)11-10-23-20-29(19-21-6-2-1-3-7-21)13-12-25(23)30-14-16-32-17-15-30/h1-9,23,25H,10-20H2,(H,28,31)/t23-,25+/m0/s1. The number of hydrogen-bond acceptors (Lipinski definition) is 4. The molecule has 0 spiro atoms. The lowest BCUT2D eigenvalue weighted by Gasteiger charge is -2.45. The first-order valence-corrected chi connectivity index (χ1v) is 12.1. The zero-order valence-corrected chi connectivity index (χ0v) is 19.5. The number of nitrogens with zero attached hydrogens (tertiary/aromatic N) is 2. The van der Waals surface area contributed by atoms with Crippen molar-refractivity contribution in [2.75, 3.05) is 39.4 Å². The molecule has 172 valence electrons. The Morgan fingerprint density at radius 2 is 1.78 bits per heavy atom. The first kappa shape index (κ1) is 23.2. The van der Waals surface area contributed by atoms with E-state index >= 15 is 0 Å². The summed E-state index contributed by atoms with van der Waals surface area (Å²) >= 11 is 6.22. The Morgan fingerprint density at radius 1 is 1.03 bits per heavy atom. The summed E-state index contributed by atoms with van der Waals surface area (Å²) in [5.74, 6) is 0.586. The Morgan fingerprint density at radius 3 is 2.56 bits per heavy atom. The monoisotopic (exact) mass is 455 g/mol. The van der Waals surface area contributed by atoms with Crippen molar-refractivity contribution in [3.63, 3.8) is 0 Å². The second-order valence-electron chi connectivity index (χ2n) is 8.89. The molecule has 5 nitrogen and oxygen atoms in total. The molecule has 0 radical (unpaired) electrons. The summed E-state index contributed by atoms with van der Waals surface area (Å²) < 4.78 is 5.58. The van der Waals surface area contributed by atoms with Crippen LogP contribution in [0, 0.1) is 5.92 Å². The van der Waals surface area contributed by atoms with E-state index in [9.17, 15) is 4.79 Å². The molecule has 2 aliphatic rings. The third-order valence-electron chi connectivity index (χ3n) is 6.72. The Hall–Kier alpha value is -1.92. The van der Waals surface area contributed by atoms with Crippen molar-refractivity contribution >= 4 is 17.5 Å². The SMILES string of the molecule is O=C(CC[C@H]1CN(Cc2ccccc2)CC[C@H]1N1CCOCC1)NCc1ccccc1Cl. The van der Waals surface area contributed by atoms with Crippen molar-refractivity contribution in [3.8, 4) is 0 Å². The van der Waals surface area contributed by atoms with Crippen LogP contribution >= 0.6 is 11.6 Å². The van der Waals surface area contributed by atoms with Gasteiger partial charge in [0.15, 0.2) is 0 Å². The fraction of sp³-hybridized carbons (Fsp3) is 0.500. The molecule has 0 unspecified atom stereocenters. The fourth-order valence-corrected chi connectivity index (χ4v) is 5.20. The Bertz CT molecular complexity index is 857. The van der Waals surface area contributed by atoms with Crippen LogP contribution in [-0.2, 0) is 22.6 Å². The average Bonchev–Trinajstić information content (AvgIpc) is 2.83. The van der Waals surface area contributed by atoms with Gasteiger partial charge in [-0.1, -0.05) is 60.1 Å². The van der Waals surface area contributed by atoms with Crippen molar-refractivity contribution in [2.45, 2.75) is 38.4 Å². The van der Waals surface area contributed by atoms with Crippen molar-refractivity contribution in [2.24, 2.45) is 5.92 Å². The lowest BCUT2D eigenvalue weighted by molar-refractivity contribution is -0.121. The summed E-state index contributed by atoms with van der Waals surface area (Å²) in [5, 5.41) is 3.75. The summed E-state index contributed by atoms with van der Waals surface area (Å²) in [7, 11) is 0. The lowest BCUT2D eigenvalue weighted by Crippen LogP contribution is -2.54. The number of carbonyl (C=O) groups excluding carboxylic acids is 1. The molecule has 0 bridgehead atoms. The second-order valence-corrected chi connectivity index (χ2v) is 9.30. The number of nitrogens with one attached hydrogen (secondary N) is 1. The van der Waals surface area contributed by atoms with Crippen LogP contribution in [0.15, 0.2) is 54.6 Å². The molecule has 1 N–H and O–H groups in total. The number of rotatable bonds is 8. The summed E-state index contributed by atoms with van der Waals surface area (Å²) in [6, 6.07) is 18.9. The van der Waals surface area contributed by atoms with Crippen molar-refractivity contribution in [1.82, 2.24) is 15.1 Å². The molecular weight excluding hydrogens is 422 g/mol. The average molecular weight is 456 g/mol. The number of hydrogen-bond donors (Lipinski definition) is 1. The second kappa shape index (κ2) is 11.8. The van der Waals surface area contributed by atoms with E-state index in [1.807, 2.05) is 24.3 Å². The van der Waals surface area contributed by atoms with E-state index in [2.05, 4.69) is 45.4 Å². The highest BCUT2D eigenvalue weighted by Crippen LogP contribution is 2.28. The molecule has 2 saturated heterocycles. The van der Waals surface area contributed by atoms with Gasteiger partial charge in [-0.15, -0.1) is 0 Å². The maximum absolute atomic E-state index is 12.6. The molecule has 1 amide bonds. The minimum atomic E-state index is 0.103. The van der Waals surface area contributed by atoms with Gasteiger partial charge < -0.3 is 10.1 Å². The van der Waals surface area contributed by atoms with E-state index in [0.717, 1.165) is 64.3 Å². The minimum absolute atomic E-state index is 0.103. The first-order chi connectivity index (χ1) is 15.7. The van der Waals surface area contributed by atoms with E-state index in [4.69, 9.17) is 16.3 Å². The van der Waals surface area contributed by atoms with Crippen molar-refractivity contribution < 1.29 is 9.53 Å². The molecule has 6 heteroatoms. The molecule has 0 saturated carbocycles. The quantitative estimate of drug-likeness (QED) is 0.654. The molecule has 0 aliphatic carbocycles. The van der Waals surface area contributed by atoms with E-state index < -0.39 is 0 Å². The van der Waals surface area contributed by atoms with Gasteiger partial charge in [0.05, 0.1) is 13.2 Å². The number of benzene rings is 2. The highest BCUT2D eigenvalue weighted by molar-refractivity contribution is 6.31. The number of morpholine rings is 1. The Labute approximate surface area is 196 Å². The fourth-order valence-electron chi connectivity index (χ4n) is 4.99. The zero-order chi connectivity index (χ0) is 22.2. The van der Waals surface area contributed by atoms with Crippen molar-refractivity contribution in [3.05, 3.63) is 70.7 Å². The number of carbonyl (C=O) groups is 1. The van der Waals surface area contributed by atoms with Gasteiger partial charge in [0.2, 0.25) is 5.91 Å². The minimum Gasteiger partial charge on any atom is -0.379 e. The van der Waals surface area contributed by atoms with E-state index in [0.29, 0.717) is 29.9 Å². The molecule has 2 aromatic carbocycles. The largest absolute Gasteiger partial charge is 0.379 e. The van der Waals surface area contributed by atoms with Gasteiger partial charge in [-0.25, -0.2) is 0 Å². The third-order valence-corrected chi connectivity index (χ3v) is 7.09. The van der Waals surface area contributed by atoms with E-state index in [-0.39, 0.29) is 5.91 Å². The van der Waals surface area contributed by atoms with E-state index in [1.165, 1.54) is 5.56 Å². The van der Waals surface area contributed by atoms with Gasteiger partial charge in [0.1, 0.15) is 0 Å². The maximum atomic E-state index is 12.6. The molecule has 4 rings (SSSR count). The molecule has 32 heavy (non-hydrogen) atoms. The molecule has 0 aromatic heterocycles. The highest BCUT2D eigenvalue weighted by Gasteiger charge is 2.34. The normalized spacial score (nSPS) is 22.5. The van der Waals surface area contributed by atoms with Crippen LogP contribution in [0.3, 0.4) is 0 Å². The molecule has 2 aliphatic heterocycles. The topological polar surface area (TPSA) is 44.8 Å². The zero-order valence-electron chi connectivity index (χ0n) is 18.7. The maximum Gasteiger partial charge on any atom is 0.220 e. The third kappa shape index (κ3) is 6.55. The van der Waals surface area contributed by atoms with Crippen LogP contribution in [0.25, 0.3) is 0 Å². The van der Waals surface area contributed by atoms with Gasteiger partial charge in [-0.2, -0.15) is 0 Å². The number of likely N-dealkylation sites (tertiary alicyclic amines) is 1. The van der Waals surface area contributed by atoms with Gasteiger partial charge in [-0.3, -0.25) is 14.6 Å². The smallest absolute Gasteiger partial charge is 0.220 e. The first-order valence-electron chi connectivity index (χ1n) is 11.8. The van der Waals surface area contributed by atoms with Gasteiger partial charge in [0, 0.05) is 50.2 Å². The summed E-state index contributed by atoms with van der Waals surface area (Å²) in [6.45, 7) is 7.23. The summed E-state index contributed by atoms with van der Waals surface area (Å²) in [5.41, 5.74) is 2.31. The van der Waals surface area contributed by atoms with Crippen LogP contribution in [0.4, 0.5) is 0 Å². The Balaban J connectivity index is 1.33. The molecular formula is C26H34ClN3O2. The number of ether oxygens (including phenoxy) is 1. The van der Waals surface area contributed by atoms with Gasteiger partial charge in [0.25, 0.3) is 0 Å². The van der Waals surface area contributed by atoms with Crippen LogP contribution < -0.4 is 5.32 Å².